The molecule has 1 aromatic carbocycles. The third kappa shape index (κ3) is 3.29. The van der Waals surface area contributed by atoms with E-state index in [-0.39, 0.29) is 17.6 Å². The van der Waals surface area contributed by atoms with Crippen LogP contribution >= 0.6 is 0 Å². The molecule has 0 bridgehead atoms. The summed E-state index contributed by atoms with van der Waals surface area (Å²) in [6, 6.07) is 4.86. The van der Waals surface area contributed by atoms with Gasteiger partial charge in [0.25, 0.3) is 0 Å². The molecule has 0 spiro atoms. The molecule has 0 heterocycles. The van der Waals surface area contributed by atoms with Crippen LogP contribution in [-0.4, -0.2) is 23.1 Å². The quantitative estimate of drug-likeness (QED) is 0.773. The first kappa shape index (κ1) is 14.4. The number of anilines is 1. The molecule has 1 fully saturated rings. The molecule has 0 saturated heterocycles. The van der Waals surface area contributed by atoms with E-state index in [0.29, 0.717) is 17.2 Å². The number of hydrogen-bond donors (Lipinski definition) is 3. The van der Waals surface area contributed by atoms with Crippen molar-refractivity contribution in [3.63, 3.8) is 0 Å². The topological polar surface area (TPSA) is 78.4 Å². The molecule has 3 N–H and O–H groups in total. The molecule has 1 aliphatic carbocycles. The average Bonchev–Trinajstić information content (AvgIpc) is 3.10. The van der Waals surface area contributed by atoms with Gasteiger partial charge >= 0.3 is 12.0 Å². The monoisotopic (exact) mass is 276 g/mol. The predicted octanol–water partition coefficient (Wildman–Crippen LogP) is 3.00. The summed E-state index contributed by atoms with van der Waals surface area (Å²) >= 11 is 0. The van der Waals surface area contributed by atoms with Crippen LogP contribution in [0.5, 0.6) is 0 Å². The van der Waals surface area contributed by atoms with Gasteiger partial charge in [-0.05, 0) is 43.4 Å². The third-order valence-corrected chi connectivity index (χ3v) is 3.71. The van der Waals surface area contributed by atoms with Crippen molar-refractivity contribution < 1.29 is 14.7 Å². The average molecular weight is 276 g/mol. The molecule has 1 aliphatic rings. The van der Waals surface area contributed by atoms with Crippen LogP contribution in [0.2, 0.25) is 0 Å². The maximum atomic E-state index is 11.9. The lowest BCUT2D eigenvalue weighted by Gasteiger charge is -2.11. The van der Waals surface area contributed by atoms with Crippen molar-refractivity contribution in [2.24, 2.45) is 5.92 Å². The lowest BCUT2D eigenvalue weighted by Crippen LogP contribution is -2.31. The number of hydrogen-bond acceptors (Lipinski definition) is 2. The second kappa shape index (κ2) is 5.94. The van der Waals surface area contributed by atoms with Crippen molar-refractivity contribution in [3.8, 4) is 0 Å². The van der Waals surface area contributed by atoms with Crippen molar-refractivity contribution in [2.75, 3.05) is 5.32 Å². The van der Waals surface area contributed by atoms with Crippen molar-refractivity contribution in [1.29, 1.82) is 0 Å². The standard InChI is InChI=1S/C15H20N2O3/c1-3-5-10-8-13(10)17-15(20)16-12-7-4-6-11(9(12)2)14(18)19/h4,6-7,10,13H,3,5,8H2,1-2H3,(H,18,19)(H2,16,17,20). The number of urea groups is 1. The molecule has 20 heavy (non-hydrogen) atoms. The number of benzene rings is 1. The van der Waals surface area contributed by atoms with Gasteiger partial charge in [0.15, 0.2) is 0 Å². The Bertz CT molecular complexity index is 528. The number of nitrogens with one attached hydrogen (secondary N) is 2. The van der Waals surface area contributed by atoms with E-state index in [1.807, 2.05) is 0 Å². The molecule has 1 aromatic rings. The first-order chi connectivity index (χ1) is 9.52. The van der Waals surface area contributed by atoms with Crippen LogP contribution in [0.4, 0.5) is 10.5 Å². The highest BCUT2D eigenvalue weighted by Crippen LogP contribution is 2.34. The van der Waals surface area contributed by atoms with Crippen LogP contribution in [0.3, 0.4) is 0 Å². The van der Waals surface area contributed by atoms with Gasteiger partial charge in [-0.1, -0.05) is 19.4 Å². The van der Waals surface area contributed by atoms with Gasteiger partial charge in [0.05, 0.1) is 5.56 Å². The van der Waals surface area contributed by atoms with Gasteiger partial charge in [-0.25, -0.2) is 9.59 Å². The minimum Gasteiger partial charge on any atom is -0.478 e. The Morgan fingerprint density at radius 3 is 2.80 bits per heavy atom. The number of aromatic carboxylic acids is 1. The molecule has 0 radical (unpaired) electrons. The zero-order valence-corrected chi connectivity index (χ0v) is 11.8. The van der Waals surface area contributed by atoms with E-state index in [1.165, 1.54) is 6.07 Å². The number of rotatable bonds is 5. The molecule has 1 saturated carbocycles. The Morgan fingerprint density at radius 2 is 2.15 bits per heavy atom. The summed E-state index contributed by atoms with van der Waals surface area (Å²) in [4.78, 5) is 22.9. The largest absolute Gasteiger partial charge is 0.478 e. The summed E-state index contributed by atoms with van der Waals surface area (Å²) in [5.41, 5.74) is 1.31. The molecule has 5 nitrogen and oxygen atoms in total. The summed E-state index contributed by atoms with van der Waals surface area (Å²) in [7, 11) is 0. The van der Waals surface area contributed by atoms with Gasteiger partial charge in [0.2, 0.25) is 0 Å². The van der Waals surface area contributed by atoms with E-state index < -0.39 is 5.97 Å². The number of carbonyl (C=O) groups excluding carboxylic acids is 1. The molecule has 0 aliphatic heterocycles. The van der Waals surface area contributed by atoms with E-state index in [9.17, 15) is 9.59 Å². The Hall–Kier alpha value is -2.04. The maximum absolute atomic E-state index is 11.9. The summed E-state index contributed by atoms with van der Waals surface area (Å²) in [6.07, 6.45) is 3.30. The predicted molar refractivity (Wildman–Crippen MR) is 77.1 cm³/mol. The summed E-state index contributed by atoms with van der Waals surface area (Å²) in [6.45, 7) is 3.83. The number of amides is 2. The molecule has 108 valence electrons. The molecule has 0 aromatic heterocycles. The van der Waals surface area contributed by atoms with E-state index in [4.69, 9.17) is 5.11 Å². The summed E-state index contributed by atoms with van der Waals surface area (Å²) in [5.74, 6) is -0.394. The summed E-state index contributed by atoms with van der Waals surface area (Å²) in [5, 5.41) is 14.7. The Labute approximate surface area is 118 Å². The Balaban J connectivity index is 1.95. The van der Waals surface area contributed by atoms with Gasteiger partial charge in [-0.2, -0.15) is 0 Å². The zero-order chi connectivity index (χ0) is 14.7. The van der Waals surface area contributed by atoms with Gasteiger partial charge in [0.1, 0.15) is 0 Å². The van der Waals surface area contributed by atoms with E-state index in [0.717, 1.165) is 19.3 Å². The van der Waals surface area contributed by atoms with Crippen LogP contribution in [0.1, 0.15) is 42.1 Å². The van der Waals surface area contributed by atoms with Crippen molar-refractivity contribution >= 4 is 17.7 Å². The fourth-order valence-corrected chi connectivity index (χ4v) is 2.44. The third-order valence-electron chi connectivity index (χ3n) is 3.71. The fourth-order valence-electron chi connectivity index (χ4n) is 2.44. The number of carboxylic acid groups (broad SMARTS) is 1. The van der Waals surface area contributed by atoms with Crippen LogP contribution in [0, 0.1) is 12.8 Å². The second-order valence-electron chi connectivity index (χ2n) is 5.27. The molecule has 2 atom stereocenters. The number of carbonyl (C=O) groups is 2. The van der Waals surface area contributed by atoms with Gasteiger partial charge in [0, 0.05) is 11.7 Å². The zero-order valence-electron chi connectivity index (χ0n) is 11.8. The first-order valence-electron chi connectivity index (χ1n) is 6.93. The van der Waals surface area contributed by atoms with Crippen LogP contribution in [0.25, 0.3) is 0 Å². The highest BCUT2D eigenvalue weighted by Gasteiger charge is 2.37. The van der Waals surface area contributed by atoms with Gasteiger partial charge in [-0.15, -0.1) is 0 Å². The van der Waals surface area contributed by atoms with Gasteiger partial charge < -0.3 is 15.7 Å². The molecule has 5 heteroatoms. The summed E-state index contributed by atoms with van der Waals surface area (Å²) < 4.78 is 0. The van der Waals surface area contributed by atoms with Crippen molar-refractivity contribution in [3.05, 3.63) is 29.3 Å². The molecular weight excluding hydrogens is 256 g/mol. The van der Waals surface area contributed by atoms with Crippen LogP contribution < -0.4 is 10.6 Å². The highest BCUT2D eigenvalue weighted by atomic mass is 16.4. The molecular formula is C15H20N2O3. The SMILES string of the molecule is CCCC1CC1NC(=O)Nc1cccc(C(=O)O)c1C. The highest BCUT2D eigenvalue weighted by molar-refractivity contribution is 5.95. The smallest absolute Gasteiger partial charge is 0.336 e. The lowest BCUT2D eigenvalue weighted by atomic mass is 10.1. The van der Waals surface area contributed by atoms with Crippen LogP contribution in [0.15, 0.2) is 18.2 Å². The van der Waals surface area contributed by atoms with E-state index in [1.54, 1.807) is 19.1 Å². The van der Waals surface area contributed by atoms with E-state index >= 15 is 0 Å². The Morgan fingerprint density at radius 1 is 1.40 bits per heavy atom. The van der Waals surface area contributed by atoms with E-state index in [2.05, 4.69) is 17.6 Å². The lowest BCUT2D eigenvalue weighted by molar-refractivity contribution is 0.0696. The Kier molecular flexibility index (Phi) is 4.27. The molecule has 2 rings (SSSR count). The van der Waals surface area contributed by atoms with Crippen molar-refractivity contribution in [1.82, 2.24) is 5.32 Å². The molecule has 2 unspecified atom stereocenters. The fraction of sp³-hybridized carbons (Fsp3) is 0.467. The second-order valence-corrected chi connectivity index (χ2v) is 5.27. The molecule has 2 amide bonds. The van der Waals surface area contributed by atoms with Crippen molar-refractivity contribution in [2.45, 2.75) is 39.2 Å². The minimum atomic E-state index is -0.989. The van der Waals surface area contributed by atoms with Gasteiger partial charge in [-0.3, -0.25) is 0 Å². The minimum absolute atomic E-state index is 0.207. The normalized spacial score (nSPS) is 20.3. The first-order valence-corrected chi connectivity index (χ1v) is 6.93. The maximum Gasteiger partial charge on any atom is 0.336 e. The number of carboxylic acids is 1. The van der Waals surface area contributed by atoms with Crippen LogP contribution in [-0.2, 0) is 0 Å².